The molecule has 5 nitrogen and oxygen atoms in total. The zero-order valence-electron chi connectivity index (χ0n) is 20.5. The summed E-state index contributed by atoms with van der Waals surface area (Å²) in [7, 11) is -2.60. The van der Waals surface area contributed by atoms with Gasteiger partial charge in [-0.1, -0.05) is 54.6 Å². The van der Waals surface area contributed by atoms with Gasteiger partial charge in [0.15, 0.2) is 0 Å². The summed E-state index contributed by atoms with van der Waals surface area (Å²) in [6.07, 6.45) is 2.57. The number of carbonyl (C=O) groups excluding carboxylic acids is 1. The molecular formula is C31H27FN2O3S. The van der Waals surface area contributed by atoms with Crippen molar-refractivity contribution in [2.24, 2.45) is 0 Å². The van der Waals surface area contributed by atoms with E-state index < -0.39 is 10.6 Å². The van der Waals surface area contributed by atoms with Crippen molar-refractivity contribution in [3.8, 4) is 27.9 Å². The minimum Gasteiger partial charge on any atom is -0.348 e. The zero-order valence-corrected chi connectivity index (χ0v) is 21.4. The van der Waals surface area contributed by atoms with Gasteiger partial charge in [0.25, 0.3) is 5.91 Å². The molecule has 0 radical (unpaired) electrons. The number of nitrogens with one attached hydrogen (secondary N) is 1. The summed E-state index contributed by atoms with van der Waals surface area (Å²) >= 11 is 0. The lowest BCUT2D eigenvalue weighted by Crippen LogP contribution is -2.35. The molecule has 5 aromatic rings. The minimum atomic E-state index is -2.60. The standard InChI is InChI=1S/C31H27FN2O3S/c32-25-10-12-27(13-11-25)34-19-29(23-8-4-7-22(17-23)21-5-2-1-3-6-21)28-14-9-24(18-30(28)34)31(35)33-26-15-16-38(36,37)20-26/h1-14,17-19,26,36-37H,15-16,20H2,(H,33,35). The molecule has 1 amide bonds. The number of nitrogens with zero attached hydrogens (tertiary/aromatic N) is 1. The fraction of sp³-hybridized carbons (Fsp3) is 0.129. The van der Waals surface area contributed by atoms with E-state index in [0.29, 0.717) is 17.7 Å². The average Bonchev–Trinajstić information content (AvgIpc) is 3.48. The first-order valence-electron chi connectivity index (χ1n) is 12.5. The second-order valence-corrected chi connectivity index (χ2v) is 12.0. The van der Waals surface area contributed by atoms with Crippen LogP contribution in [0.25, 0.3) is 38.8 Å². The second-order valence-electron chi connectivity index (χ2n) is 9.70. The van der Waals surface area contributed by atoms with Gasteiger partial charge in [-0.15, -0.1) is 0 Å². The normalized spacial score (nSPS) is 17.4. The van der Waals surface area contributed by atoms with Crippen molar-refractivity contribution in [2.75, 3.05) is 11.5 Å². The summed E-state index contributed by atoms with van der Waals surface area (Å²) in [6.45, 7) is 0. The topological polar surface area (TPSA) is 74.5 Å². The van der Waals surface area contributed by atoms with Crippen molar-refractivity contribution < 1.29 is 18.3 Å². The van der Waals surface area contributed by atoms with Crippen LogP contribution < -0.4 is 5.32 Å². The van der Waals surface area contributed by atoms with Crippen molar-refractivity contribution in [1.82, 2.24) is 9.88 Å². The third kappa shape index (κ3) is 4.84. The van der Waals surface area contributed by atoms with E-state index in [1.165, 1.54) is 12.1 Å². The minimum absolute atomic E-state index is 0.189. The maximum Gasteiger partial charge on any atom is 0.251 e. The van der Waals surface area contributed by atoms with Crippen LogP contribution in [0.1, 0.15) is 16.8 Å². The van der Waals surface area contributed by atoms with E-state index in [9.17, 15) is 18.3 Å². The Labute approximate surface area is 221 Å². The number of aromatic nitrogens is 1. The third-order valence-corrected chi connectivity index (χ3v) is 8.88. The predicted molar refractivity (Wildman–Crippen MR) is 153 cm³/mol. The van der Waals surface area contributed by atoms with Gasteiger partial charge >= 0.3 is 0 Å². The Balaban J connectivity index is 1.43. The summed E-state index contributed by atoms with van der Waals surface area (Å²) in [5, 5.41) is 3.91. The molecule has 192 valence electrons. The highest BCUT2D eigenvalue weighted by Crippen LogP contribution is 2.45. The second kappa shape index (κ2) is 9.76. The van der Waals surface area contributed by atoms with E-state index in [-0.39, 0.29) is 23.5 Å². The van der Waals surface area contributed by atoms with Gasteiger partial charge in [-0.2, -0.15) is 10.6 Å². The lowest BCUT2D eigenvalue weighted by atomic mass is 9.98. The maximum absolute atomic E-state index is 13.7. The number of carbonyl (C=O) groups is 1. The van der Waals surface area contributed by atoms with Crippen LogP contribution in [0.4, 0.5) is 4.39 Å². The summed E-state index contributed by atoms with van der Waals surface area (Å²) in [6, 6.07) is 30.1. The fourth-order valence-electron chi connectivity index (χ4n) is 5.11. The van der Waals surface area contributed by atoms with E-state index in [1.54, 1.807) is 18.2 Å². The Bertz CT molecular complexity index is 1630. The molecule has 1 fully saturated rings. The molecule has 1 saturated heterocycles. The van der Waals surface area contributed by atoms with Gasteiger partial charge in [0.05, 0.1) is 11.3 Å². The summed E-state index contributed by atoms with van der Waals surface area (Å²) < 4.78 is 35.6. The molecule has 0 spiro atoms. The Morgan fingerprint density at radius 1 is 0.868 bits per heavy atom. The molecule has 4 aromatic carbocycles. The molecule has 38 heavy (non-hydrogen) atoms. The first kappa shape index (κ1) is 24.4. The maximum atomic E-state index is 13.7. The Morgan fingerprint density at radius 2 is 1.61 bits per heavy atom. The first-order chi connectivity index (χ1) is 18.4. The predicted octanol–water partition coefficient (Wildman–Crippen LogP) is 7.36. The molecule has 0 aliphatic carbocycles. The highest BCUT2D eigenvalue weighted by molar-refractivity contribution is 8.24. The lowest BCUT2D eigenvalue weighted by molar-refractivity contribution is 0.0941. The molecule has 2 heterocycles. The number of halogens is 1. The summed E-state index contributed by atoms with van der Waals surface area (Å²) in [4.78, 5) is 13.1. The van der Waals surface area contributed by atoms with Gasteiger partial charge in [-0.3, -0.25) is 13.9 Å². The van der Waals surface area contributed by atoms with Crippen LogP contribution in [-0.2, 0) is 0 Å². The van der Waals surface area contributed by atoms with Gasteiger partial charge in [-0.25, -0.2) is 4.39 Å². The number of benzene rings is 4. The van der Waals surface area contributed by atoms with Crippen LogP contribution in [0.15, 0.2) is 103 Å². The van der Waals surface area contributed by atoms with E-state index in [2.05, 4.69) is 35.6 Å². The van der Waals surface area contributed by atoms with E-state index in [4.69, 9.17) is 0 Å². The smallest absolute Gasteiger partial charge is 0.251 e. The van der Waals surface area contributed by atoms with Crippen molar-refractivity contribution >= 4 is 27.4 Å². The molecular weight excluding hydrogens is 499 g/mol. The lowest BCUT2D eigenvalue weighted by Gasteiger charge is -2.26. The molecule has 1 atom stereocenters. The number of hydrogen-bond acceptors (Lipinski definition) is 3. The van der Waals surface area contributed by atoms with Crippen molar-refractivity contribution in [3.63, 3.8) is 0 Å². The Hall–Kier alpha value is -3.91. The molecule has 6 rings (SSSR count). The number of hydrogen-bond donors (Lipinski definition) is 3. The van der Waals surface area contributed by atoms with Crippen molar-refractivity contribution in [2.45, 2.75) is 12.5 Å². The summed E-state index contributed by atoms with van der Waals surface area (Å²) in [5.74, 6) is -0.0675. The zero-order chi connectivity index (χ0) is 26.3. The van der Waals surface area contributed by atoms with Crippen molar-refractivity contribution in [1.29, 1.82) is 0 Å². The SMILES string of the molecule is O=C(NC1CCS(O)(O)C1)c1ccc2c(-c3cccc(-c4ccccc4)c3)cn(-c3ccc(F)cc3)c2c1. The monoisotopic (exact) mass is 526 g/mol. The quantitative estimate of drug-likeness (QED) is 0.224. The van der Waals surface area contributed by atoms with Gasteiger partial charge in [0.1, 0.15) is 5.82 Å². The molecule has 1 aliphatic heterocycles. The van der Waals surface area contributed by atoms with Gasteiger partial charge < -0.3 is 9.88 Å². The molecule has 0 bridgehead atoms. The van der Waals surface area contributed by atoms with Crippen LogP contribution in [0.5, 0.6) is 0 Å². The molecule has 1 aliphatic rings. The Kier molecular flexibility index (Phi) is 6.27. The molecule has 3 N–H and O–H groups in total. The fourth-order valence-corrected chi connectivity index (χ4v) is 6.84. The number of amides is 1. The highest BCUT2D eigenvalue weighted by atomic mass is 32.3. The van der Waals surface area contributed by atoms with Crippen LogP contribution in [-0.4, -0.2) is 37.1 Å². The first-order valence-corrected chi connectivity index (χ1v) is 14.4. The highest BCUT2D eigenvalue weighted by Gasteiger charge is 2.29. The van der Waals surface area contributed by atoms with Crippen molar-refractivity contribution in [3.05, 3.63) is 115 Å². The Morgan fingerprint density at radius 3 is 2.34 bits per heavy atom. The summed E-state index contributed by atoms with van der Waals surface area (Å²) in [5.41, 5.74) is 6.34. The average molecular weight is 527 g/mol. The van der Waals surface area contributed by atoms with Crippen LogP contribution in [0.3, 0.4) is 0 Å². The van der Waals surface area contributed by atoms with Crippen LogP contribution in [0, 0.1) is 5.82 Å². The van der Waals surface area contributed by atoms with E-state index in [0.717, 1.165) is 38.8 Å². The number of fused-ring (bicyclic) bond motifs is 1. The molecule has 0 saturated carbocycles. The van der Waals surface area contributed by atoms with Gasteiger partial charge in [-0.05, 0) is 65.6 Å². The van der Waals surface area contributed by atoms with Crippen LogP contribution in [0.2, 0.25) is 0 Å². The molecule has 1 aromatic heterocycles. The van der Waals surface area contributed by atoms with Crippen LogP contribution >= 0.6 is 10.6 Å². The molecule has 1 unspecified atom stereocenters. The van der Waals surface area contributed by atoms with E-state index in [1.807, 2.05) is 47.2 Å². The number of rotatable bonds is 5. The third-order valence-electron chi connectivity index (χ3n) is 7.05. The van der Waals surface area contributed by atoms with Gasteiger partial charge in [0, 0.05) is 40.2 Å². The van der Waals surface area contributed by atoms with Gasteiger partial charge in [0.2, 0.25) is 0 Å². The largest absolute Gasteiger partial charge is 0.348 e. The molecule has 7 heteroatoms. The van der Waals surface area contributed by atoms with E-state index >= 15 is 0 Å².